The minimum absolute atomic E-state index is 0.111. The largest absolute Gasteiger partial charge is 0.507 e. The summed E-state index contributed by atoms with van der Waals surface area (Å²) in [6.07, 6.45) is 3.02. The van der Waals surface area contributed by atoms with Crippen molar-refractivity contribution in [2.75, 3.05) is 13.1 Å². The molecule has 29 heavy (non-hydrogen) atoms. The highest BCUT2D eigenvalue weighted by molar-refractivity contribution is 6.15. The fourth-order valence-electron chi connectivity index (χ4n) is 4.79. The zero-order chi connectivity index (χ0) is 20.7. The Kier molecular flexibility index (Phi) is 5.22. The number of ketones is 1. The monoisotopic (exact) mass is 391 g/mol. The van der Waals surface area contributed by atoms with Crippen molar-refractivity contribution in [2.45, 2.75) is 40.7 Å². The first kappa shape index (κ1) is 19.7. The van der Waals surface area contributed by atoms with Crippen LogP contribution in [0.3, 0.4) is 0 Å². The van der Waals surface area contributed by atoms with Gasteiger partial charge in [-0.1, -0.05) is 43.7 Å². The second-order valence-corrected chi connectivity index (χ2v) is 8.89. The number of fused-ring (bicyclic) bond motifs is 1. The number of nitrogens with zero attached hydrogens (tertiary/aromatic N) is 1. The summed E-state index contributed by atoms with van der Waals surface area (Å²) in [6, 6.07) is 9.67. The molecule has 152 valence electrons. The molecule has 4 heteroatoms. The van der Waals surface area contributed by atoms with Crippen molar-refractivity contribution in [2.24, 2.45) is 11.8 Å². The van der Waals surface area contributed by atoms with Crippen LogP contribution in [-0.2, 0) is 6.54 Å². The molecule has 0 saturated carbocycles. The first-order valence-corrected chi connectivity index (χ1v) is 10.4. The van der Waals surface area contributed by atoms with Gasteiger partial charge in [-0.05, 0) is 55.4 Å². The third-order valence-electron chi connectivity index (χ3n) is 5.89. The van der Waals surface area contributed by atoms with E-state index in [1.54, 1.807) is 12.1 Å². The molecule has 4 nitrogen and oxygen atoms in total. The number of aromatic hydroxyl groups is 1. The van der Waals surface area contributed by atoms with Crippen LogP contribution in [0, 0.1) is 25.7 Å². The fourth-order valence-corrected chi connectivity index (χ4v) is 4.79. The Hall–Kier alpha value is -2.59. The number of phenols is 1. The highest BCUT2D eigenvalue weighted by Crippen LogP contribution is 2.42. The molecule has 1 saturated heterocycles. The van der Waals surface area contributed by atoms with E-state index >= 15 is 0 Å². The predicted octanol–water partition coefficient (Wildman–Crippen LogP) is 5.10. The van der Waals surface area contributed by atoms with Crippen LogP contribution in [0.1, 0.15) is 52.9 Å². The number of rotatable bonds is 3. The number of piperidine rings is 1. The number of carbonyl (C=O) groups excluding carboxylic acids is 1. The van der Waals surface area contributed by atoms with Crippen molar-refractivity contribution in [3.8, 4) is 11.5 Å². The van der Waals surface area contributed by atoms with Gasteiger partial charge >= 0.3 is 0 Å². The molecule has 0 aliphatic carbocycles. The lowest BCUT2D eigenvalue weighted by Gasteiger charge is -2.35. The Morgan fingerprint density at radius 3 is 2.59 bits per heavy atom. The molecule has 2 aromatic carbocycles. The Bertz CT molecular complexity index is 982. The first-order chi connectivity index (χ1) is 13.8. The van der Waals surface area contributed by atoms with E-state index in [9.17, 15) is 9.90 Å². The van der Waals surface area contributed by atoms with Gasteiger partial charge in [0.1, 0.15) is 11.5 Å². The van der Waals surface area contributed by atoms with Crippen molar-refractivity contribution in [3.63, 3.8) is 0 Å². The normalized spacial score (nSPS) is 23.3. The average molecular weight is 392 g/mol. The summed E-state index contributed by atoms with van der Waals surface area (Å²) in [5, 5.41) is 10.7. The maximum Gasteiger partial charge on any atom is 0.232 e. The molecule has 2 heterocycles. The number of carbonyl (C=O) groups is 1. The highest BCUT2D eigenvalue weighted by Gasteiger charge is 2.34. The number of aryl methyl sites for hydroxylation is 2. The third-order valence-corrected chi connectivity index (χ3v) is 5.89. The summed E-state index contributed by atoms with van der Waals surface area (Å²) in [4.78, 5) is 15.4. The van der Waals surface area contributed by atoms with Crippen molar-refractivity contribution < 1.29 is 14.6 Å². The third kappa shape index (κ3) is 3.95. The number of allylic oxidation sites excluding steroid dienone is 1. The van der Waals surface area contributed by atoms with Gasteiger partial charge < -0.3 is 9.84 Å². The van der Waals surface area contributed by atoms with Gasteiger partial charge in [0.15, 0.2) is 5.76 Å². The summed E-state index contributed by atoms with van der Waals surface area (Å²) in [6.45, 7) is 11.0. The Morgan fingerprint density at radius 2 is 1.90 bits per heavy atom. The number of benzene rings is 2. The predicted molar refractivity (Wildman–Crippen MR) is 115 cm³/mol. The molecule has 1 fully saturated rings. The molecule has 2 aliphatic rings. The van der Waals surface area contributed by atoms with Crippen LogP contribution in [0.25, 0.3) is 6.08 Å². The molecule has 2 unspecified atom stereocenters. The number of phenolic OH excluding ortho intramolecular Hbond substituents is 1. The Balaban J connectivity index is 1.69. The molecular weight excluding hydrogens is 362 g/mol. The zero-order valence-electron chi connectivity index (χ0n) is 17.7. The molecule has 4 rings (SSSR count). The van der Waals surface area contributed by atoms with Crippen LogP contribution in [0.4, 0.5) is 0 Å². The van der Waals surface area contributed by atoms with Crippen LogP contribution in [0.2, 0.25) is 0 Å². The second-order valence-electron chi connectivity index (χ2n) is 8.89. The Labute approximate surface area is 172 Å². The first-order valence-electron chi connectivity index (χ1n) is 10.4. The SMILES string of the molecule is Cc1cccc(/C=C2/Oc3c(CN4CC(C)CC(C)C4)c(O)cc(C)c3C2=O)c1. The molecule has 0 spiro atoms. The lowest BCUT2D eigenvalue weighted by atomic mass is 9.91. The van der Waals surface area contributed by atoms with E-state index in [1.807, 2.05) is 38.1 Å². The number of hydrogen-bond acceptors (Lipinski definition) is 4. The fraction of sp³-hybridized carbons (Fsp3) is 0.400. The summed E-state index contributed by atoms with van der Waals surface area (Å²) in [7, 11) is 0. The van der Waals surface area contributed by atoms with E-state index in [2.05, 4.69) is 18.7 Å². The van der Waals surface area contributed by atoms with E-state index < -0.39 is 0 Å². The lowest BCUT2D eigenvalue weighted by molar-refractivity contribution is 0.101. The topological polar surface area (TPSA) is 49.8 Å². The minimum Gasteiger partial charge on any atom is -0.507 e. The van der Waals surface area contributed by atoms with Gasteiger partial charge in [-0.2, -0.15) is 0 Å². The van der Waals surface area contributed by atoms with Crippen LogP contribution in [0.15, 0.2) is 36.1 Å². The van der Waals surface area contributed by atoms with Gasteiger partial charge in [-0.3, -0.25) is 9.69 Å². The molecule has 0 amide bonds. The van der Waals surface area contributed by atoms with Gasteiger partial charge in [-0.25, -0.2) is 0 Å². The van der Waals surface area contributed by atoms with Crippen molar-refractivity contribution in [3.05, 3.63) is 63.9 Å². The minimum atomic E-state index is -0.111. The van der Waals surface area contributed by atoms with Gasteiger partial charge in [0.05, 0.1) is 11.1 Å². The average Bonchev–Trinajstić information content (AvgIpc) is 2.94. The number of hydrogen-bond donors (Lipinski definition) is 1. The Morgan fingerprint density at radius 1 is 1.17 bits per heavy atom. The van der Waals surface area contributed by atoms with Gasteiger partial charge in [-0.15, -0.1) is 0 Å². The van der Waals surface area contributed by atoms with Crippen LogP contribution < -0.4 is 4.74 Å². The molecule has 2 aliphatic heterocycles. The van der Waals surface area contributed by atoms with E-state index in [4.69, 9.17) is 4.74 Å². The number of likely N-dealkylation sites (tertiary alicyclic amines) is 1. The quantitative estimate of drug-likeness (QED) is 0.739. The standard InChI is InChI=1S/C25H29NO3/c1-15-6-5-7-19(9-15)11-22-24(28)23-18(4)10-21(27)20(25(23)29-22)14-26-12-16(2)8-17(3)13-26/h5-7,9-11,16-17,27H,8,12-14H2,1-4H3/b22-11+. The van der Waals surface area contributed by atoms with E-state index in [-0.39, 0.29) is 11.5 Å². The summed E-state index contributed by atoms with van der Waals surface area (Å²) in [5.41, 5.74) is 4.11. The van der Waals surface area contributed by atoms with E-state index in [0.29, 0.717) is 41.0 Å². The number of Topliss-reactive ketones (excluding diaryl/α,β-unsaturated/α-hetero) is 1. The number of ether oxygens (including phenoxy) is 1. The van der Waals surface area contributed by atoms with Crippen molar-refractivity contribution in [1.29, 1.82) is 0 Å². The maximum atomic E-state index is 13.1. The summed E-state index contributed by atoms with van der Waals surface area (Å²) in [5.74, 6) is 2.19. The van der Waals surface area contributed by atoms with Crippen molar-refractivity contribution in [1.82, 2.24) is 4.90 Å². The van der Waals surface area contributed by atoms with Crippen molar-refractivity contribution >= 4 is 11.9 Å². The zero-order valence-corrected chi connectivity index (χ0v) is 17.7. The van der Waals surface area contributed by atoms with Gasteiger partial charge in [0.2, 0.25) is 5.78 Å². The van der Waals surface area contributed by atoms with Gasteiger partial charge in [0, 0.05) is 19.6 Å². The molecule has 2 aromatic rings. The molecule has 1 N–H and O–H groups in total. The van der Waals surface area contributed by atoms with Crippen LogP contribution in [-0.4, -0.2) is 28.9 Å². The molecular formula is C25H29NO3. The maximum absolute atomic E-state index is 13.1. The molecule has 2 atom stereocenters. The second kappa shape index (κ2) is 7.68. The summed E-state index contributed by atoms with van der Waals surface area (Å²) >= 11 is 0. The smallest absolute Gasteiger partial charge is 0.232 e. The summed E-state index contributed by atoms with van der Waals surface area (Å²) < 4.78 is 6.08. The van der Waals surface area contributed by atoms with Crippen LogP contribution >= 0.6 is 0 Å². The van der Waals surface area contributed by atoms with Gasteiger partial charge in [0.25, 0.3) is 0 Å². The lowest BCUT2D eigenvalue weighted by Crippen LogP contribution is -2.38. The van der Waals surface area contributed by atoms with Crippen LogP contribution in [0.5, 0.6) is 11.5 Å². The molecule has 0 radical (unpaired) electrons. The van der Waals surface area contributed by atoms with E-state index in [1.165, 1.54) is 6.42 Å². The molecule has 0 bridgehead atoms. The molecule has 0 aromatic heterocycles. The van der Waals surface area contributed by atoms with E-state index in [0.717, 1.165) is 29.8 Å². The highest BCUT2D eigenvalue weighted by atomic mass is 16.5.